The second-order valence-electron chi connectivity index (χ2n) is 10.5. The highest BCUT2D eigenvalue weighted by molar-refractivity contribution is 9.10. The zero-order valence-electron chi connectivity index (χ0n) is 22.0. The number of hydrogen-bond donors (Lipinski definition) is 0. The summed E-state index contributed by atoms with van der Waals surface area (Å²) in [5.41, 5.74) is 1.87. The molecule has 192 valence electrons. The van der Waals surface area contributed by atoms with Crippen molar-refractivity contribution in [2.45, 2.75) is 25.8 Å². The van der Waals surface area contributed by atoms with Crippen LogP contribution in [0.5, 0.6) is 5.75 Å². The lowest BCUT2D eigenvalue weighted by Crippen LogP contribution is -2.68. The lowest BCUT2D eigenvalue weighted by Gasteiger charge is -2.43. The van der Waals surface area contributed by atoms with E-state index in [4.69, 9.17) is 4.43 Å². The monoisotopic (exact) mass is 584 g/mol. The first-order chi connectivity index (χ1) is 18.2. The Bertz CT molecular complexity index is 1570. The number of aromatic nitrogens is 2. The molecule has 0 N–H and O–H groups in total. The Balaban J connectivity index is 1.73. The molecule has 38 heavy (non-hydrogen) atoms. The van der Waals surface area contributed by atoms with Gasteiger partial charge < -0.3 is 4.43 Å². The highest BCUT2D eigenvalue weighted by atomic mass is 79.9. The van der Waals surface area contributed by atoms with Crippen LogP contribution in [0.25, 0.3) is 22.9 Å². The molecule has 0 aliphatic rings. The molecule has 0 fully saturated rings. The van der Waals surface area contributed by atoms with Gasteiger partial charge in [0.15, 0.2) is 0 Å². The molecule has 0 unspecified atom stereocenters. The molecule has 0 saturated heterocycles. The van der Waals surface area contributed by atoms with E-state index in [0.29, 0.717) is 0 Å². The molecule has 1 heterocycles. The van der Waals surface area contributed by atoms with Crippen LogP contribution in [0.15, 0.2) is 102 Å². The Hall–Kier alpha value is -3.48. The van der Waals surface area contributed by atoms with Crippen LogP contribution in [-0.4, -0.2) is 18.1 Å². The van der Waals surface area contributed by atoms with Crippen molar-refractivity contribution in [3.63, 3.8) is 0 Å². The summed E-state index contributed by atoms with van der Waals surface area (Å²) in [7, 11) is -0.974. The fourth-order valence-electron chi connectivity index (χ4n) is 5.11. The summed E-state index contributed by atoms with van der Waals surface area (Å²) in [6, 6.07) is 32.0. The number of nitrogens with zero attached hydrogens (tertiary/aromatic N) is 2. The minimum absolute atomic E-state index is 0.200. The van der Waals surface area contributed by atoms with Crippen LogP contribution < -0.4 is 14.8 Å². The summed E-state index contributed by atoms with van der Waals surface area (Å²) in [5.74, 6) is 0.480. The number of aryl methyl sites for hydroxylation is 1. The standard InChI is InChI=1S/C32H30BrFN2OSi/c1-32(2,3)38(27-11-7-5-8-12-27,28-13-9-6-10-14-28)37-30-20-23(15-17-26-22-31(33)35-36(26)4)19-24-21-25(34)16-18-29(24)30/h5-22H,1-4H3/b17-15+. The second kappa shape index (κ2) is 10.3. The first-order valence-corrected chi connectivity index (χ1v) is 15.3. The van der Waals surface area contributed by atoms with Gasteiger partial charge in [0.1, 0.15) is 16.2 Å². The first kappa shape index (κ1) is 26.1. The molecule has 0 aliphatic heterocycles. The van der Waals surface area contributed by atoms with Gasteiger partial charge >= 0.3 is 8.32 Å². The van der Waals surface area contributed by atoms with E-state index in [2.05, 4.69) is 96.4 Å². The average Bonchev–Trinajstić information content (AvgIpc) is 3.22. The van der Waals surface area contributed by atoms with Crippen LogP contribution in [0.4, 0.5) is 4.39 Å². The molecule has 0 spiro atoms. The summed E-state index contributed by atoms with van der Waals surface area (Å²) in [6.07, 6.45) is 4.02. The van der Waals surface area contributed by atoms with E-state index in [1.807, 2.05) is 49.5 Å². The number of rotatable bonds is 6. The Kier molecular flexibility index (Phi) is 7.12. The Morgan fingerprint density at radius 3 is 2.03 bits per heavy atom. The topological polar surface area (TPSA) is 27.1 Å². The van der Waals surface area contributed by atoms with Gasteiger partial charge in [-0.25, -0.2) is 4.39 Å². The fraction of sp³-hybridized carbons (Fsp3) is 0.156. The highest BCUT2D eigenvalue weighted by Gasteiger charge is 2.52. The van der Waals surface area contributed by atoms with Crippen LogP contribution >= 0.6 is 15.9 Å². The smallest absolute Gasteiger partial charge is 0.319 e. The Morgan fingerprint density at radius 1 is 0.842 bits per heavy atom. The SMILES string of the molecule is Cn1nc(Br)cc1/C=C/c1cc(O[Si](c2ccccc2)(c2ccccc2)C(C)(C)C)c2ccc(F)cc2c1. The van der Waals surface area contributed by atoms with E-state index in [-0.39, 0.29) is 10.9 Å². The third-order valence-corrected chi connectivity index (χ3v) is 12.2. The van der Waals surface area contributed by atoms with Gasteiger partial charge in [-0.3, -0.25) is 4.68 Å². The van der Waals surface area contributed by atoms with Crippen LogP contribution in [0.1, 0.15) is 32.0 Å². The lowest BCUT2D eigenvalue weighted by atomic mass is 10.1. The maximum absolute atomic E-state index is 14.4. The highest BCUT2D eigenvalue weighted by Crippen LogP contribution is 2.40. The van der Waals surface area contributed by atoms with E-state index in [9.17, 15) is 4.39 Å². The van der Waals surface area contributed by atoms with Crippen LogP contribution in [0.2, 0.25) is 5.04 Å². The number of hydrogen-bond acceptors (Lipinski definition) is 2. The fourth-order valence-corrected chi connectivity index (χ4v) is 10.0. The van der Waals surface area contributed by atoms with Crippen LogP contribution in [0.3, 0.4) is 0 Å². The quantitative estimate of drug-likeness (QED) is 0.192. The van der Waals surface area contributed by atoms with Crippen molar-refractivity contribution in [2.75, 3.05) is 0 Å². The minimum atomic E-state index is -2.87. The van der Waals surface area contributed by atoms with E-state index in [1.54, 1.807) is 10.7 Å². The van der Waals surface area contributed by atoms with Gasteiger partial charge in [-0.15, -0.1) is 0 Å². The predicted octanol–water partition coefficient (Wildman–Crippen LogP) is 7.58. The molecular weight excluding hydrogens is 555 g/mol. The summed E-state index contributed by atoms with van der Waals surface area (Å²) in [6.45, 7) is 6.77. The summed E-state index contributed by atoms with van der Waals surface area (Å²) in [5, 5.41) is 8.22. The van der Waals surface area contributed by atoms with Crippen molar-refractivity contribution in [1.82, 2.24) is 9.78 Å². The van der Waals surface area contributed by atoms with Gasteiger partial charge in [-0.05, 0) is 84.8 Å². The van der Waals surface area contributed by atoms with Gasteiger partial charge in [0.2, 0.25) is 0 Å². The Morgan fingerprint density at radius 2 is 1.47 bits per heavy atom. The third kappa shape index (κ3) is 4.98. The van der Waals surface area contributed by atoms with Crippen LogP contribution in [0, 0.1) is 5.82 Å². The molecule has 0 bridgehead atoms. The molecule has 5 aromatic rings. The van der Waals surface area contributed by atoms with E-state index < -0.39 is 8.32 Å². The molecule has 1 aromatic heterocycles. The van der Waals surface area contributed by atoms with Gasteiger partial charge in [0, 0.05) is 12.4 Å². The van der Waals surface area contributed by atoms with Crippen molar-refractivity contribution >= 4 is 57.5 Å². The summed E-state index contributed by atoms with van der Waals surface area (Å²) >= 11 is 3.43. The lowest BCUT2D eigenvalue weighted by molar-refractivity contribution is 0.512. The third-order valence-electron chi connectivity index (χ3n) is 6.91. The van der Waals surface area contributed by atoms with Crippen molar-refractivity contribution in [3.8, 4) is 5.75 Å². The van der Waals surface area contributed by atoms with Crippen LogP contribution in [-0.2, 0) is 7.05 Å². The molecule has 4 aromatic carbocycles. The molecule has 0 radical (unpaired) electrons. The molecular formula is C32H30BrFN2OSi. The summed E-state index contributed by atoms with van der Waals surface area (Å²) in [4.78, 5) is 0. The molecule has 0 amide bonds. The van der Waals surface area contributed by atoms with Gasteiger partial charge in [0.05, 0.1) is 5.69 Å². The van der Waals surface area contributed by atoms with E-state index in [1.165, 1.54) is 16.4 Å². The van der Waals surface area contributed by atoms with Crippen molar-refractivity contribution in [3.05, 3.63) is 119 Å². The second-order valence-corrected chi connectivity index (χ2v) is 15.5. The predicted molar refractivity (Wildman–Crippen MR) is 162 cm³/mol. The maximum Gasteiger partial charge on any atom is 0.319 e. The van der Waals surface area contributed by atoms with Gasteiger partial charge in [0.25, 0.3) is 0 Å². The number of halogens is 2. The number of benzene rings is 4. The largest absolute Gasteiger partial charge is 0.534 e. The molecule has 3 nitrogen and oxygen atoms in total. The molecule has 0 aliphatic carbocycles. The number of fused-ring (bicyclic) bond motifs is 1. The minimum Gasteiger partial charge on any atom is -0.534 e. The maximum atomic E-state index is 14.4. The zero-order chi connectivity index (χ0) is 26.9. The Labute approximate surface area is 232 Å². The summed E-state index contributed by atoms with van der Waals surface area (Å²) < 4.78 is 24.3. The van der Waals surface area contributed by atoms with Gasteiger partial charge in [-0.2, -0.15) is 5.10 Å². The molecule has 5 rings (SSSR count). The van der Waals surface area contributed by atoms with E-state index in [0.717, 1.165) is 32.4 Å². The molecule has 6 heteroatoms. The first-order valence-electron chi connectivity index (χ1n) is 12.6. The average molecular weight is 586 g/mol. The van der Waals surface area contributed by atoms with Crippen molar-refractivity contribution < 1.29 is 8.82 Å². The van der Waals surface area contributed by atoms with Crippen molar-refractivity contribution in [2.24, 2.45) is 7.05 Å². The van der Waals surface area contributed by atoms with E-state index >= 15 is 0 Å². The molecule has 0 saturated carbocycles. The van der Waals surface area contributed by atoms with Gasteiger partial charge in [-0.1, -0.05) is 87.5 Å². The zero-order valence-corrected chi connectivity index (χ0v) is 24.5. The normalized spacial score (nSPS) is 12.4. The molecule has 0 atom stereocenters. The van der Waals surface area contributed by atoms with Crippen molar-refractivity contribution in [1.29, 1.82) is 0 Å².